The summed E-state index contributed by atoms with van der Waals surface area (Å²) >= 11 is 0. The third kappa shape index (κ3) is 5.86. The molecule has 0 atom stereocenters. The van der Waals surface area contributed by atoms with Gasteiger partial charge >= 0.3 is 0 Å². The predicted molar refractivity (Wildman–Crippen MR) is 126 cm³/mol. The predicted octanol–water partition coefficient (Wildman–Crippen LogP) is 3.08. The molecule has 1 aliphatic heterocycles. The minimum Gasteiger partial charge on any atom is -0.379 e. The van der Waals surface area contributed by atoms with Gasteiger partial charge in [0, 0.05) is 51.2 Å². The van der Waals surface area contributed by atoms with Crippen LogP contribution in [0.1, 0.15) is 44.7 Å². The summed E-state index contributed by atoms with van der Waals surface area (Å²) in [6, 6.07) is 4.28. The van der Waals surface area contributed by atoms with E-state index in [1.54, 1.807) is 0 Å². The first kappa shape index (κ1) is 23.5. The molecule has 0 aromatic carbocycles. The van der Waals surface area contributed by atoms with Crippen molar-refractivity contribution in [2.75, 3.05) is 46.4 Å². The van der Waals surface area contributed by atoms with Gasteiger partial charge in [-0.2, -0.15) is 0 Å². The van der Waals surface area contributed by atoms with Crippen molar-refractivity contribution in [1.29, 1.82) is 0 Å². The fourth-order valence-electron chi connectivity index (χ4n) is 4.49. The third-order valence-electron chi connectivity index (χ3n) is 6.14. The number of aromatic nitrogens is 1. The Balaban J connectivity index is 0.00000280. The fraction of sp³-hybridized carbons (Fsp3) is 0.762. The summed E-state index contributed by atoms with van der Waals surface area (Å²) in [5.74, 6) is 1.01. The topological polar surface area (TPSA) is 45.0 Å². The first-order valence-corrected chi connectivity index (χ1v) is 10.6. The van der Waals surface area contributed by atoms with Crippen LogP contribution in [0.4, 0.5) is 0 Å². The van der Waals surface area contributed by atoms with Gasteiger partial charge < -0.3 is 19.5 Å². The number of halogens is 1. The smallest absolute Gasteiger partial charge is 0.194 e. The number of nitrogens with one attached hydrogen (secondary N) is 1. The maximum absolute atomic E-state index is 5.61. The molecule has 1 N–H and O–H groups in total. The Hall–Kier alpha value is -0.800. The van der Waals surface area contributed by atoms with Gasteiger partial charge in [-0.3, -0.25) is 9.89 Å². The highest BCUT2D eigenvalue weighted by molar-refractivity contribution is 14.0. The second kappa shape index (κ2) is 11.4. The number of hydrogen-bond donors (Lipinski definition) is 1. The summed E-state index contributed by atoms with van der Waals surface area (Å²) in [6.45, 7) is 8.59. The molecule has 1 saturated heterocycles. The van der Waals surface area contributed by atoms with Gasteiger partial charge in [0.05, 0.1) is 26.3 Å². The lowest BCUT2D eigenvalue weighted by Crippen LogP contribution is -2.56. The SMILES string of the molecule is CCNC(=NCC1(N2CCOCC2)CCCCC1)N(C)Cc1cccn1C.I. The molecule has 2 fully saturated rings. The van der Waals surface area contributed by atoms with Crippen LogP contribution in [-0.2, 0) is 18.3 Å². The minimum absolute atomic E-state index is 0. The molecule has 0 spiro atoms. The lowest BCUT2D eigenvalue weighted by atomic mass is 9.80. The van der Waals surface area contributed by atoms with Crippen LogP contribution < -0.4 is 5.32 Å². The summed E-state index contributed by atoms with van der Waals surface area (Å²) in [7, 11) is 4.24. The van der Waals surface area contributed by atoms with Crippen LogP contribution in [0.2, 0.25) is 0 Å². The first-order valence-electron chi connectivity index (χ1n) is 10.6. The van der Waals surface area contributed by atoms with Crippen LogP contribution in [0.25, 0.3) is 0 Å². The number of morpholine rings is 1. The van der Waals surface area contributed by atoms with Gasteiger partial charge in [0.1, 0.15) is 0 Å². The summed E-state index contributed by atoms with van der Waals surface area (Å²) < 4.78 is 7.78. The van der Waals surface area contributed by atoms with Gasteiger partial charge in [-0.15, -0.1) is 24.0 Å². The number of aryl methyl sites for hydroxylation is 1. The van der Waals surface area contributed by atoms with Crippen LogP contribution in [0, 0.1) is 0 Å². The molecule has 0 bridgehead atoms. The normalized spacial score (nSPS) is 20.5. The molecule has 3 rings (SSSR count). The molecule has 1 saturated carbocycles. The Bertz CT molecular complexity index is 606. The van der Waals surface area contributed by atoms with Crippen molar-refractivity contribution in [2.24, 2.45) is 12.0 Å². The average Bonchev–Trinajstić information content (AvgIpc) is 3.11. The Labute approximate surface area is 187 Å². The van der Waals surface area contributed by atoms with Crippen molar-refractivity contribution >= 4 is 29.9 Å². The lowest BCUT2D eigenvalue weighted by molar-refractivity contribution is -0.0334. The quantitative estimate of drug-likeness (QED) is 0.368. The van der Waals surface area contributed by atoms with Crippen LogP contribution >= 0.6 is 24.0 Å². The third-order valence-corrected chi connectivity index (χ3v) is 6.14. The molecule has 0 unspecified atom stereocenters. The number of aliphatic imine (C=N–C) groups is 1. The molecule has 0 radical (unpaired) electrons. The minimum atomic E-state index is 0. The molecule has 1 aromatic heterocycles. The van der Waals surface area contributed by atoms with Gasteiger partial charge in [-0.1, -0.05) is 19.3 Å². The molecule has 0 amide bonds. The van der Waals surface area contributed by atoms with Gasteiger partial charge in [-0.25, -0.2) is 0 Å². The highest BCUT2D eigenvalue weighted by Crippen LogP contribution is 2.34. The number of rotatable bonds is 6. The molecule has 28 heavy (non-hydrogen) atoms. The van der Waals surface area contributed by atoms with E-state index < -0.39 is 0 Å². The van der Waals surface area contributed by atoms with Gasteiger partial charge in [0.25, 0.3) is 0 Å². The number of guanidine groups is 1. The summed E-state index contributed by atoms with van der Waals surface area (Å²) in [5.41, 5.74) is 1.51. The molecule has 6 nitrogen and oxygen atoms in total. The van der Waals surface area contributed by atoms with E-state index in [0.717, 1.165) is 51.9 Å². The largest absolute Gasteiger partial charge is 0.379 e. The van der Waals surface area contributed by atoms with Crippen molar-refractivity contribution in [2.45, 2.75) is 51.1 Å². The van der Waals surface area contributed by atoms with Gasteiger partial charge in [0.2, 0.25) is 0 Å². The first-order chi connectivity index (χ1) is 13.1. The maximum atomic E-state index is 5.61. The van der Waals surface area contributed by atoms with Gasteiger partial charge in [-0.05, 0) is 31.9 Å². The molecular formula is C21H38IN5O. The van der Waals surface area contributed by atoms with E-state index in [2.05, 4.69) is 59.0 Å². The van der Waals surface area contributed by atoms with Crippen molar-refractivity contribution in [3.05, 3.63) is 24.0 Å². The second-order valence-corrected chi connectivity index (χ2v) is 8.02. The van der Waals surface area contributed by atoms with Crippen LogP contribution in [-0.4, -0.2) is 72.3 Å². The molecular weight excluding hydrogens is 465 g/mol. The zero-order chi connectivity index (χ0) is 19.1. The Morgan fingerprint density at radius 2 is 1.96 bits per heavy atom. The number of nitrogens with zero attached hydrogens (tertiary/aromatic N) is 4. The van der Waals surface area contributed by atoms with Crippen molar-refractivity contribution in [3.8, 4) is 0 Å². The average molecular weight is 503 g/mol. The van der Waals surface area contributed by atoms with E-state index in [0.29, 0.717) is 0 Å². The Morgan fingerprint density at radius 3 is 2.57 bits per heavy atom. The summed E-state index contributed by atoms with van der Waals surface area (Å²) in [6.07, 6.45) is 8.63. The second-order valence-electron chi connectivity index (χ2n) is 8.02. The fourth-order valence-corrected chi connectivity index (χ4v) is 4.49. The maximum Gasteiger partial charge on any atom is 0.194 e. The lowest BCUT2D eigenvalue weighted by Gasteiger charge is -2.47. The molecule has 1 aliphatic carbocycles. The van der Waals surface area contributed by atoms with Crippen LogP contribution in [0.5, 0.6) is 0 Å². The molecule has 2 heterocycles. The molecule has 2 aliphatic rings. The van der Waals surface area contributed by atoms with Crippen LogP contribution in [0.3, 0.4) is 0 Å². The van der Waals surface area contributed by atoms with E-state index in [1.807, 2.05) is 0 Å². The highest BCUT2D eigenvalue weighted by atomic mass is 127. The van der Waals surface area contributed by atoms with E-state index in [-0.39, 0.29) is 29.5 Å². The van der Waals surface area contributed by atoms with E-state index in [4.69, 9.17) is 9.73 Å². The molecule has 7 heteroatoms. The molecule has 160 valence electrons. The van der Waals surface area contributed by atoms with Gasteiger partial charge in [0.15, 0.2) is 5.96 Å². The molecule has 1 aromatic rings. The zero-order valence-electron chi connectivity index (χ0n) is 17.8. The van der Waals surface area contributed by atoms with Crippen molar-refractivity contribution in [3.63, 3.8) is 0 Å². The van der Waals surface area contributed by atoms with Crippen molar-refractivity contribution < 1.29 is 4.74 Å². The number of ether oxygens (including phenoxy) is 1. The van der Waals surface area contributed by atoms with E-state index in [1.165, 1.54) is 37.8 Å². The standard InChI is InChI=1S/C21H37N5O.HI/c1-4-22-20(25(3)17-19-9-8-12-24(19)2)23-18-21(10-6-5-7-11-21)26-13-15-27-16-14-26;/h8-9,12H,4-7,10-11,13-18H2,1-3H3,(H,22,23);1H. The number of hydrogen-bond acceptors (Lipinski definition) is 3. The highest BCUT2D eigenvalue weighted by Gasteiger charge is 2.38. The Morgan fingerprint density at radius 1 is 1.25 bits per heavy atom. The van der Waals surface area contributed by atoms with E-state index >= 15 is 0 Å². The Kier molecular flexibility index (Phi) is 9.56. The van der Waals surface area contributed by atoms with E-state index in [9.17, 15) is 0 Å². The monoisotopic (exact) mass is 503 g/mol. The van der Waals surface area contributed by atoms with Crippen molar-refractivity contribution in [1.82, 2.24) is 19.7 Å². The zero-order valence-corrected chi connectivity index (χ0v) is 20.2. The van der Waals surface area contributed by atoms with Crippen LogP contribution in [0.15, 0.2) is 23.3 Å². The summed E-state index contributed by atoms with van der Waals surface area (Å²) in [5, 5.41) is 3.50. The summed E-state index contributed by atoms with van der Waals surface area (Å²) in [4.78, 5) is 10.0.